The van der Waals surface area contributed by atoms with Crippen LogP contribution in [-0.4, -0.2) is 109 Å². The highest BCUT2D eigenvalue weighted by molar-refractivity contribution is 5.99. The molecule has 0 aromatic heterocycles. The lowest BCUT2D eigenvalue weighted by atomic mass is 9.66. The molecule has 4 rings (SSSR count). The van der Waals surface area contributed by atoms with Crippen LogP contribution in [0.3, 0.4) is 0 Å². The summed E-state index contributed by atoms with van der Waals surface area (Å²) < 4.78 is 12.0. The standard InChI is InChI=1S/C26H44N4O6/c1-3-10-27-22(32)19-20-24(34)30(12-6-4-5-7-16-31)21(26(20)9-8-25(19,2)36-26)23(33)28-11-13-29-14-17-35-18-15-29/h19-21,31H,3-18H2,1-2H3,(H,27,32)(H,28,33)/t19-,20-,21?,25+,26?/m0/s1. The molecule has 5 atom stereocenters. The van der Waals surface area contributed by atoms with E-state index in [1.165, 1.54) is 0 Å². The Morgan fingerprint density at radius 3 is 2.47 bits per heavy atom. The molecule has 0 saturated carbocycles. The van der Waals surface area contributed by atoms with E-state index in [4.69, 9.17) is 14.6 Å². The van der Waals surface area contributed by atoms with Gasteiger partial charge in [-0.15, -0.1) is 0 Å². The summed E-state index contributed by atoms with van der Waals surface area (Å²) in [5.74, 6) is -1.69. The van der Waals surface area contributed by atoms with Crippen molar-refractivity contribution in [2.45, 2.75) is 76.0 Å². The van der Waals surface area contributed by atoms with Crippen LogP contribution < -0.4 is 10.6 Å². The Labute approximate surface area is 214 Å². The second-order valence-electron chi connectivity index (χ2n) is 10.9. The lowest BCUT2D eigenvalue weighted by Gasteiger charge is -2.34. The fourth-order valence-electron chi connectivity index (χ4n) is 6.73. The number of nitrogens with zero attached hydrogens (tertiary/aromatic N) is 2. The van der Waals surface area contributed by atoms with E-state index in [2.05, 4.69) is 15.5 Å². The number of fused-ring (bicyclic) bond motifs is 1. The molecule has 0 aromatic carbocycles. The van der Waals surface area contributed by atoms with Crippen molar-refractivity contribution < 1.29 is 29.0 Å². The van der Waals surface area contributed by atoms with Crippen molar-refractivity contribution in [3.8, 4) is 0 Å². The summed E-state index contributed by atoms with van der Waals surface area (Å²) in [5, 5.41) is 15.1. The number of carbonyl (C=O) groups excluding carboxylic acids is 3. The third kappa shape index (κ3) is 5.14. The van der Waals surface area contributed by atoms with Gasteiger partial charge in [-0.25, -0.2) is 0 Å². The first-order valence-electron chi connectivity index (χ1n) is 13.8. The molecule has 10 nitrogen and oxygen atoms in total. The van der Waals surface area contributed by atoms with E-state index in [9.17, 15) is 14.4 Å². The number of unbranched alkanes of at least 4 members (excludes halogenated alkanes) is 3. The molecule has 4 fully saturated rings. The zero-order chi connectivity index (χ0) is 25.8. The number of likely N-dealkylation sites (tertiary alicyclic amines) is 1. The Kier molecular flexibility index (Phi) is 8.91. The van der Waals surface area contributed by atoms with E-state index in [1.54, 1.807) is 4.90 Å². The minimum absolute atomic E-state index is 0.134. The molecule has 4 aliphatic rings. The van der Waals surface area contributed by atoms with Gasteiger partial charge in [-0.1, -0.05) is 19.8 Å². The Morgan fingerprint density at radius 2 is 1.75 bits per heavy atom. The number of aliphatic hydroxyl groups is 1. The third-order valence-corrected chi connectivity index (χ3v) is 8.49. The second kappa shape index (κ2) is 11.8. The van der Waals surface area contributed by atoms with Gasteiger partial charge in [0.2, 0.25) is 17.7 Å². The molecule has 4 saturated heterocycles. The van der Waals surface area contributed by atoms with E-state index in [1.807, 2.05) is 13.8 Å². The summed E-state index contributed by atoms with van der Waals surface area (Å²) in [6.45, 7) is 9.41. The van der Waals surface area contributed by atoms with Crippen LogP contribution in [0, 0.1) is 11.8 Å². The number of morpholine rings is 1. The summed E-state index contributed by atoms with van der Waals surface area (Å²) in [4.78, 5) is 44.8. The van der Waals surface area contributed by atoms with Crippen molar-refractivity contribution in [3.05, 3.63) is 0 Å². The maximum absolute atomic E-state index is 13.9. The van der Waals surface area contributed by atoms with E-state index in [-0.39, 0.29) is 24.3 Å². The molecule has 0 aliphatic carbocycles. The molecule has 0 radical (unpaired) electrons. The smallest absolute Gasteiger partial charge is 0.245 e. The van der Waals surface area contributed by atoms with Crippen LogP contribution in [0.25, 0.3) is 0 Å². The lowest BCUT2D eigenvalue weighted by molar-refractivity contribution is -0.146. The number of hydrogen-bond donors (Lipinski definition) is 3. The van der Waals surface area contributed by atoms with Crippen molar-refractivity contribution in [3.63, 3.8) is 0 Å². The van der Waals surface area contributed by atoms with Gasteiger partial charge in [0, 0.05) is 45.9 Å². The van der Waals surface area contributed by atoms with Crippen LogP contribution in [0.4, 0.5) is 0 Å². The molecule has 2 bridgehead atoms. The quantitative estimate of drug-likeness (QED) is 0.306. The average Bonchev–Trinajstić information content (AvgIpc) is 3.44. The van der Waals surface area contributed by atoms with Gasteiger partial charge in [0.15, 0.2) is 0 Å². The first-order valence-corrected chi connectivity index (χ1v) is 13.8. The molecule has 204 valence electrons. The van der Waals surface area contributed by atoms with Gasteiger partial charge in [0.05, 0.1) is 30.7 Å². The predicted molar refractivity (Wildman–Crippen MR) is 133 cm³/mol. The zero-order valence-corrected chi connectivity index (χ0v) is 21.9. The normalized spacial score (nSPS) is 33.7. The Bertz CT molecular complexity index is 805. The average molecular weight is 509 g/mol. The van der Waals surface area contributed by atoms with E-state index in [0.29, 0.717) is 45.7 Å². The number of rotatable bonds is 13. The molecule has 10 heteroatoms. The highest BCUT2D eigenvalue weighted by Crippen LogP contribution is 2.63. The summed E-state index contributed by atoms with van der Waals surface area (Å²) in [7, 11) is 0. The molecule has 0 aromatic rings. The van der Waals surface area contributed by atoms with Crippen LogP contribution in [0.2, 0.25) is 0 Å². The van der Waals surface area contributed by atoms with Crippen molar-refractivity contribution in [1.29, 1.82) is 0 Å². The van der Waals surface area contributed by atoms with E-state index < -0.39 is 29.1 Å². The molecule has 36 heavy (non-hydrogen) atoms. The Hall–Kier alpha value is -1.75. The lowest BCUT2D eigenvalue weighted by Crippen LogP contribution is -2.56. The van der Waals surface area contributed by atoms with Gasteiger partial charge in [-0.2, -0.15) is 0 Å². The van der Waals surface area contributed by atoms with Gasteiger partial charge in [0.1, 0.15) is 11.6 Å². The number of amides is 3. The van der Waals surface area contributed by atoms with Crippen LogP contribution in [0.1, 0.15) is 58.8 Å². The first kappa shape index (κ1) is 27.3. The van der Waals surface area contributed by atoms with Crippen LogP contribution in [-0.2, 0) is 23.9 Å². The van der Waals surface area contributed by atoms with Gasteiger partial charge in [0.25, 0.3) is 0 Å². The maximum atomic E-state index is 13.9. The van der Waals surface area contributed by atoms with Crippen molar-refractivity contribution in [2.24, 2.45) is 11.8 Å². The number of ether oxygens (including phenoxy) is 2. The number of nitrogens with one attached hydrogen (secondary N) is 2. The predicted octanol–water partition coefficient (Wildman–Crippen LogP) is 0.278. The number of aliphatic hydroxyl groups excluding tert-OH is 1. The van der Waals surface area contributed by atoms with Crippen molar-refractivity contribution >= 4 is 17.7 Å². The summed E-state index contributed by atoms with van der Waals surface area (Å²) >= 11 is 0. The second-order valence-corrected chi connectivity index (χ2v) is 10.9. The molecular formula is C26H44N4O6. The topological polar surface area (TPSA) is 120 Å². The van der Waals surface area contributed by atoms with Crippen LogP contribution in [0.15, 0.2) is 0 Å². The fourth-order valence-corrected chi connectivity index (χ4v) is 6.73. The third-order valence-electron chi connectivity index (χ3n) is 8.49. The van der Waals surface area contributed by atoms with Gasteiger partial charge < -0.3 is 30.1 Å². The molecule has 4 heterocycles. The van der Waals surface area contributed by atoms with E-state index >= 15 is 0 Å². The zero-order valence-electron chi connectivity index (χ0n) is 21.9. The molecule has 3 N–H and O–H groups in total. The van der Waals surface area contributed by atoms with Gasteiger partial charge in [-0.05, 0) is 39.0 Å². The fraction of sp³-hybridized carbons (Fsp3) is 0.885. The first-order chi connectivity index (χ1) is 17.4. The highest BCUT2D eigenvalue weighted by atomic mass is 16.5. The molecule has 3 amide bonds. The largest absolute Gasteiger partial charge is 0.396 e. The Morgan fingerprint density at radius 1 is 1.03 bits per heavy atom. The minimum Gasteiger partial charge on any atom is -0.396 e. The molecule has 1 spiro atoms. The summed E-state index contributed by atoms with van der Waals surface area (Å²) in [6, 6.07) is -0.733. The molecule has 4 aliphatic heterocycles. The van der Waals surface area contributed by atoms with Crippen molar-refractivity contribution in [1.82, 2.24) is 20.4 Å². The van der Waals surface area contributed by atoms with E-state index in [0.717, 1.165) is 51.7 Å². The SMILES string of the molecule is CCCNC(=O)[C@@H]1[C@H]2C(=O)N(CCCCCCO)C(C(=O)NCCN3CCOCC3)C23CC[C@@]1(C)O3. The maximum Gasteiger partial charge on any atom is 0.245 e. The highest BCUT2D eigenvalue weighted by Gasteiger charge is 2.77. The Balaban J connectivity index is 1.51. The van der Waals surface area contributed by atoms with Crippen molar-refractivity contribution in [2.75, 3.05) is 59.1 Å². The van der Waals surface area contributed by atoms with Crippen LogP contribution in [0.5, 0.6) is 0 Å². The number of hydrogen-bond acceptors (Lipinski definition) is 7. The molecule has 2 unspecified atom stereocenters. The minimum atomic E-state index is -0.964. The summed E-state index contributed by atoms with van der Waals surface area (Å²) in [6.07, 6.45) is 5.28. The summed E-state index contributed by atoms with van der Waals surface area (Å²) in [5.41, 5.74) is -1.70. The number of carbonyl (C=O) groups is 3. The monoisotopic (exact) mass is 508 g/mol. The molecular weight excluding hydrogens is 464 g/mol. The van der Waals surface area contributed by atoms with Crippen LogP contribution >= 0.6 is 0 Å². The van der Waals surface area contributed by atoms with Gasteiger partial charge in [-0.3, -0.25) is 19.3 Å². The van der Waals surface area contributed by atoms with Gasteiger partial charge >= 0.3 is 0 Å².